The molecule has 3 aromatic carbocycles. The molecule has 0 unspecified atom stereocenters. The highest BCUT2D eigenvalue weighted by molar-refractivity contribution is 9.10. The molecular formula is C24H23BrN7+. The average molecular weight is 489 g/mol. The number of aromatic nitrogens is 3. The highest BCUT2D eigenvalue weighted by atomic mass is 79.9. The van der Waals surface area contributed by atoms with Gasteiger partial charge in [0.15, 0.2) is 6.21 Å². The summed E-state index contributed by atoms with van der Waals surface area (Å²) in [6.45, 7) is 0.717. The van der Waals surface area contributed by atoms with E-state index in [4.69, 9.17) is 5.41 Å². The highest BCUT2D eigenvalue weighted by Crippen LogP contribution is 2.26. The largest absolute Gasteiger partial charge is 0.380 e. The minimum atomic E-state index is 0.465. The second-order valence-corrected chi connectivity index (χ2v) is 8.00. The van der Waals surface area contributed by atoms with Crippen molar-refractivity contribution >= 4 is 51.1 Å². The number of hydrogen-bond acceptors (Lipinski definition) is 6. The molecule has 0 aliphatic carbocycles. The number of benzene rings is 3. The molecule has 0 bridgehead atoms. The Morgan fingerprint density at radius 2 is 1.84 bits per heavy atom. The maximum Gasteiger partial charge on any atom is 0.234 e. The average Bonchev–Trinajstić information content (AvgIpc) is 2.83. The van der Waals surface area contributed by atoms with Crippen molar-refractivity contribution in [1.29, 1.82) is 0 Å². The van der Waals surface area contributed by atoms with E-state index in [0.29, 0.717) is 11.9 Å². The molecule has 7 nitrogen and oxygen atoms in total. The Bertz CT molecular complexity index is 1210. The zero-order valence-corrected chi connectivity index (χ0v) is 19.1. The van der Waals surface area contributed by atoms with Crippen molar-refractivity contribution < 1.29 is 5.41 Å². The lowest BCUT2D eigenvalue weighted by Gasteiger charge is -2.19. The lowest BCUT2D eigenvalue weighted by Crippen LogP contribution is -2.30. The number of nitrogens with zero attached hydrogens (tertiary/aromatic N) is 4. The van der Waals surface area contributed by atoms with Crippen LogP contribution in [-0.4, -0.2) is 28.2 Å². The second-order valence-electron chi connectivity index (χ2n) is 7.08. The zero-order valence-electron chi connectivity index (χ0n) is 17.5. The van der Waals surface area contributed by atoms with Gasteiger partial charge in [0.05, 0.1) is 5.56 Å². The maximum atomic E-state index is 5.91. The number of anilines is 5. The maximum absolute atomic E-state index is 5.91. The molecule has 0 aliphatic rings. The predicted octanol–water partition coefficient (Wildman–Crippen LogP) is 3.94. The molecule has 0 atom stereocenters. The summed E-state index contributed by atoms with van der Waals surface area (Å²) in [5.41, 5.74) is 4.85. The Balaban J connectivity index is 1.51. The van der Waals surface area contributed by atoms with E-state index in [0.717, 1.165) is 33.6 Å². The first-order valence-electron chi connectivity index (χ1n) is 10.0. The second kappa shape index (κ2) is 10.0. The molecule has 0 saturated carbocycles. The van der Waals surface area contributed by atoms with Gasteiger partial charge < -0.3 is 15.5 Å². The summed E-state index contributed by atoms with van der Waals surface area (Å²) in [5.74, 6) is 0.983. The van der Waals surface area contributed by atoms with Crippen LogP contribution >= 0.6 is 15.9 Å². The van der Waals surface area contributed by atoms with E-state index in [1.807, 2.05) is 72.6 Å². The monoisotopic (exact) mass is 488 g/mol. The zero-order chi connectivity index (χ0) is 22.3. The van der Waals surface area contributed by atoms with Crippen LogP contribution in [0, 0.1) is 0 Å². The van der Waals surface area contributed by atoms with Gasteiger partial charge in [-0.1, -0.05) is 52.3 Å². The van der Waals surface area contributed by atoms with Crippen molar-refractivity contribution in [3.05, 3.63) is 94.7 Å². The van der Waals surface area contributed by atoms with Gasteiger partial charge in [0.2, 0.25) is 11.9 Å². The summed E-state index contributed by atoms with van der Waals surface area (Å²) in [4.78, 5) is 15.0. The van der Waals surface area contributed by atoms with Gasteiger partial charge in [-0.2, -0.15) is 4.98 Å². The third-order valence-corrected chi connectivity index (χ3v) is 5.36. The van der Waals surface area contributed by atoms with Gasteiger partial charge >= 0.3 is 0 Å². The molecule has 4 N–H and O–H groups in total. The van der Waals surface area contributed by atoms with Crippen LogP contribution in [0.5, 0.6) is 0 Å². The van der Waals surface area contributed by atoms with Crippen LogP contribution in [0.4, 0.5) is 29.0 Å². The number of halogens is 1. The lowest BCUT2D eigenvalue weighted by atomic mass is 10.1. The molecule has 8 heteroatoms. The van der Waals surface area contributed by atoms with E-state index in [9.17, 15) is 0 Å². The third-order valence-electron chi connectivity index (χ3n) is 4.87. The van der Waals surface area contributed by atoms with Gasteiger partial charge in [0.25, 0.3) is 0 Å². The fourth-order valence-corrected chi connectivity index (χ4v) is 3.57. The van der Waals surface area contributed by atoms with Crippen molar-refractivity contribution in [1.82, 2.24) is 15.0 Å². The number of nitrogens with one attached hydrogen (secondary N) is 2. The summed E-state index contributed by atoms with van der Waals surface area (Å²) in [5, 5.41) is 12.6. The molecule has 0 radical (unpaired) electrons. The van der Waals surface area contributed by atoms with Crippen molar-refractivity contribution in [2.45, 2.75) is 6.54 Å². The molecule has 32 heavy (non-hydrogen) atoms. The van der Waals surface area contributed by atoms with E-state index in [2.05, 4.69) is 53.6 Å². The normalized spacial score (nSPS) is 10.4. The molecule has 4 rings (SSSR count). The Kier molecular flexibility index (Phi) is 6.72. The fraction of sp³-hybridized carbons (Fsp3) is 0.0833. The predicted molar refractivity (Wildman–Crippen MR) is 133 cm³/mol. The Hall–Kier alpha value is -3.78. The summed E-state index contributed by atoms with van der Waals surface area (Å²) in [7, 11) is 1.91. The van der Waals surface area contributed by atoms with Gasteiger partial charge in [-0.3, -0.25) is 5.41 Å². The first-order valence-corrected chi connectivity index (χ1v) is 10.8. The lowest BCUT2D eigenvalue weighted by molar-refractivity contribution is -0.104. The molecule has 0 saturated heterocycles. The topological polar surface area (TPSA) is 91.6 Å². The smallest absolute Gasteiger partial charge is 0.234 e. The number of nitrogens with two attached hydrogens (primary N) is 1. The van der Waals surface area contributed by atoms with Crippen molar-refractivity contribution in [3.63, 3.8) is 0 Å². The van der Waals surface area contributed by atoms with E-state index < -0.39 is 0 Å². The van der Waals surface area contributed by atoms with E-state index >= 15 is 0 Å². The molecule has 0 spiro atoms. The quantitative estimate of drug-likeness (QED) is 0.325. The molecule has 1 heterocycles. The molecular weight excluding hydrogens is 466 g/mol. The van der Waals surface area contributed by atoms with Gasteiger partial charge in [0, 0.05) is 35.1 Å². The van der Waals surface area contributed by atoms with Crippen molar-refractivity contribution in [2.24, 2.45) is 0 Å². The molecule has 0 amide bonds. The van der Waals surface area contributed by atoms with Gasteiger partial charge in [0.1, 0.15) is 6.33 Å². The SMILES string of the molecule is CN(c1ccc(NCc2ccccc2)c(C=[NH2+])c1)c1ncnc(Nc2cccc(Br)c2)n1. The van der Waals surface area contributed by atoms with Gasteiger partial charge in [-0.05, 0) is 42.0 Å². The summed E-state index contributed by atoms with van der Waals surface area (Å²) in [6, 6.07) is 24.1. The van der Waals surface area contributed by atoms with Crippen LogP contribution < -0.4 is 20.9 Å². The van der Waals surface area contributed by atoms with Gasteiger partial charge in [-0.25, -0.2) is 9.97 Å². The van der Waals surface area contributed by atoms with Crippen LogP contribution in [0.1, 0.15) is 11.1 Å². The first-order chi connectivity index (χ1) is 15.6. The van der Waals surface area contributed by atoms with Crippen LogP contribution in [0.2, 0.25) is 0 Å². The molecule has 0 fully saturated rings. The highest BCUT2D eigenvalue weighted by Gasteiger charge is 2.12. The number of hydrogen-bond donors (Lipinski definition) is 3. The number of rotatable bonds is 8. The third kappa shape index (κ3) is 5.28. The van der Waals surface area contributed by atoms with E-state index in [-0.39, 0.29) is 0 Å². The van der Waals surface area contributed by atoms with Crippen LogP contribution in [-0.2, 0) is 6.54 Å². The molecule has 1 aromatic heterocycles. The minimum Gasteiger partial charge on any atom is -0.380 e. The van der Waals surface area contributed by atoms with Gasteiger partial charge in [-0.15, -0.1) is 0 Å². The Labute approximate surface area is 195 Å². The minimum absolute atomic E-state index is 0.465. The van der Waals surface area contributed by atoms with E-state index in [1.165, 1.54) is 11.9 Å². The summed E-state index contributed by atoms with van der Waals surface area (Å²) in [6.07, 6.45) is 3.09. The first kappa shape index (κ1) is 21.5. The van der Waals surface area contributed by atoms with Crippen LogP contribution in [0.25, 0.3) is 0 Å². The fourth-order valence-electron chi connectivity index (χ4n) is 3.17. The standard InChI is InChI=1S/C24H22BrN7/c1-32(24-29-16-28-23(31-24)30-20-9-5-8-19(25)13-20)21-10-11-22(18(12-21)14-26)27-15-17-6-3-2-4-7-17/h2-14,16,26-27H,15H2,1H3,(H,28,29,30,31)/p+1. The summed E-state index contributed by atoms with van der Waals surface area (Å²) >= 11 is 3.47. The van der Waals surface area contributed by atoms with E-state index in [1.54, 1.807) is 6.21 Å². The van der Waals surface area contributed by atoms with Crippen molar-refractivity contribution in [2.75, 3.05) is 22.6 Å². The Morgan fingerprint density at radius 3 is 2.62 bits per heavy atom. The molecule has 160 valence electrons. The van der Waals surface area contributed by atoms with Crippen LogP contribution in [0.15, 0.2) is 83.6 Å². The van der Waals surface area contributed by atoms with Crippen LogP contribution in [0.3, 0.4) is 0 Å². The summed E-state index contributed by atoms with van der Waals surface area (Å²) < 4.78 is 0.973. The molecule has 0 aliphatic heterocycles. The van der Waals surface area contributed by atoms with Crippen molar-refractivity contribution in [3.8, 4) is 0 Å². The molecule has 4 aromatic rings. The Morgan fingerprint density at radius 1 is 1.00 bits per heavy atom.